The van der Waals surface area contributed by atoms with Crippen LogP contribution in [0.2, 0.25) is 0 Å². The number of rotatable bonds is 8. The SMILES string of the molecule is Cc1ccccc1CCNC(=O)COC(=O)[C@H](C)NC(=O)c1ccco1. The molecule has 2 rings (SSSR count). The molecule has 0 unspecified atom stereocenters. The molecule has 7 nitrogen and oxygen atoms in total. The normalized spacial score (nSPS) is 11.5. The Morgan fingerprint density at radius 2 is 1.92 bits per heavy atom. The molecule has 0 aliphatic rings. The van der Waals surface area contributed by atoms with E-state index in [9.17, 15) is 14.4 Å². The molecule has 1 aromatic heterocycles. The monoisotopic (exact) mass is 358 g/mol. The molecule has 0 saturated heterocycles. The number of hydrogen-bond donors (Lipinski definition) is 2. The second-order valence-electron chi connectivity index (χ2n) is 5.81. The predicted octanol–water partition coefficient (Wildman–Crippen LogP) is 1.61. The molecule has 0 aliphatic carbocycles. The van der Waals surface area contributed by atoms with Gasteiger partial charge in [0.15, 0.2) is 12.4 Å². The number of aryl methyl sites for hydroxylation is 1. The van der Waals surface area contributed by atoms with Gasteiger partial charge in [0.25, 0.3) is 11.8 Å². The number of furan rings is 1. The average molecular weight is 358 g/mol. The summed E-state index contributed by atoms with van der Waals surface area (Å²) in [6.07, 6.45) is 2.06. The lowest BCUT2D eigenvalue weighted by atomic mass is 10.1. The van der Waals surface area contributed by atoms with E-state index >= 15 is 0 Å². The van der Waals surface area contributed by atoms with Crippen molar-refractivity contribution in [3.8, 4) is 0 Å². The van der Waals surface area contributed by atoms with Crippen molar-refractivity contribution in [2.24, 2.45) is 0 Å². The first-order chi connectivity index (χ1) is 12.5. The quantitative estimate of drug-likeness (QED) is 0.699. The van der Waals surface area contributed by atoms with Crippen LogP contribution in [-0.4, -0.2) is 37.0 Å². The topological polar surface area (TPSA) is 97.6 Å². The maximum Gasteiger partial charge on any atom is 0.328 e. The van der Waals surface area contributed by atoms with Gasteiger partial charge in [-0.15, -0.1) is 0 Å². The summed E-state index contributed by atoms with van der Waals surface area (Å²) in [5.74, 6) is -1.52. The van der Waals surface area contributed by atoms with E-state index in [0.29, 0.717) is 13.0 Å². The highest BCUT2D eigenvalue weighted by Gasteiger charge is 2.20. The Morgan fingerprint density at radius 3 is 2.62 bits per heavy atom. The minimum absolute atomic E-state index is 0.0959. The van der Waals surface area contributed by atoms with E-state index in [1.54, 1.807) is 6.07 Å². The summed E-state index contributed by atoms with van der Waals surface area (Å²) in [7, 11) is 0. The molecule has 26 heavy (non-hydrogen) atoms. The van der Waals surface area contributed by atoms with Gasteiger partial charge in [-0.2, -0.15) is 0 Å². The number of carbonyl (C=O) groups excluding carboxylic acids is 3. The van der Waals surface area contributed by atoms with Gasteiger partial charge >= 0.3 is 5.97 Å². The van der Waals surface area contributed by atoms with Crippen LogP contribution >= 0.6 is 0 Å². The van der Waals surface area contributed by atoms with Crippen LogP contribution in [0.1, 0.15) is 28.6 Å². The van der Waals surface area contributed by atoms with Crippen LogP contribution in [0, 0.1) is 6.92 Å². The summed E-state index contributed by atoms with van der Waals surface area (Å²) >= 11 is 0. The lowest BCUT2D eigenvalue weighted by Crippen LogP contribution is -2.41. The van der Waals surface area contributed by atoms with Crippen molar-refractivity contribution in [1.29, 1.82) is 0 Å². The van der Waals surface area contributed by atoms with Crippen LogP contribution in [0.3, 0.4) is 0 Å². The third kappa shape index (κ3) is 5.77. The molecule has 0 fully saturated rings. The van der Waals surface area contributed by atoms with Crippen LogP contribution in [-0.2, 0) is 20.7 Å². The second-order valence-corrected chi connectivity index (χ2v) is 5.81. The summed E-state index contributed by atoms with van der Waals surface area (Å²) in [5, 5.41) is 5.14. The largest absolute Gasteiger partial charge is 0.459 e. The highest BCUT2D eigenvalue weighted by molar-refractivity contribution is 5.94. The number of esters is 1. The first-order valence-corrected chi connectivity index (χ1v) is 8.29. The Kier molecular flexibility index (Phi) is 6.96. The smallest absolute Gasteiger partial charge is 0.328 e. The Morgan fingerprint density at radius 1 is 1.15 bits per heavy atom. The van der Waals surface area contributed by atoms with Crippen LogP contribution in [0.5, 0.6) is 0 Å². The lowest BCUT2D eigenvalue weighted by Gasteiger charge is -2.12. The van der Waals surface area contributed by atoms with Crippen LogP contribution in [0.25, 0.3) is 0 Å². The zero-order valence-corrected chi connectivity index (χ0v) is 14.8. The number of amides is 2. The van der Waals surface area contributed by atoms with Gasteiger partial charge in [0.1, 0.15) is 6.04 Å². The predicted molar refractivity (Wildman–Crippen MR) is 94.5 cm³/mol. The van der Waals surface area contributed by atoms with Crippen molar-refractivity contribution in [3.63, 3.8) is 0 Å². The van der Waals surface area contributed by atoms with Gasteiger partial charge in [-0.05, 0) is 43.5 Å². The number of carbonyl (C=O) groups is 3. The van der Waals surface area contributed by atoms with Crippen LogP contribution in [0.4, 0.5) is 0 Å². The maximum absolute atomic E-state index is 11.8. The van der Waals surface area contributed by atoms with E-state index in [-0.39, 0.29) is 5.76 Å². The number of nitrogens with one attached hydrogen (secondary N) is 2. The van der Waals surface area contributed by atoms with Crippen molar-refractivity contribution in [1.82, 2.24) is 10.6 Å². The molecule has 1 heterocycles. The molecule has 1 aromatic carbocycles. The van der Waals surface area contributed by atoms with Crippen molar-refractivity contribution >= 4 is 17.8 Å². The molecule has 1 atom stereocenters. The van der Waals surface area contributed by atoms with E-state index in [1.807, 2.05) is 31.2 Å². The van der Waals surface area contributed by atoms with Crippen LogP contribution in [0.15, 0.2) is 47.1 Å². The third-order valence-corrected chi connectivity index (χ3v) is 3.77. The standard InChI is InChI=1S/C19H22N2O5/c1-13-6-3-4-7-15(13)9-10-20-17(22)12-26-19(24)14(2)21-18(23)16-8-5-11-25-16/h3-8,11,14H,9-10,12H2,1-2H3,(H,20,22)(H,21,23)/t14-/m0/s1. The first kappa shape index (κ1) is 19.2. The molecule has 7 heteroatoms. The molecule has 0 aliphatic heterocycles. The van der Waals surface area contributed by atoms with Crippen molar-refractivity contribution in [3.05, 3.63) is 59.5 Å². The van der Waals surface area contributed by atoms with Gasteiger partial charge in [-0.1, -0.05) is 24.3 Å². The Balaban J connectivity index is 1.67. The molecular weight excluding hydrogens is 336 g/mol. The van der Waals surface area contributed by atoms with E-state index in [2.05, 4.69) is 10.6 Å². The van der Waals surface area contributed by atoms with E-state index in [1.165, 1.54) is 19.3 Å². The summed E-state index contributed by atoms with van der Waals surface area (Å²) in [4.78, 5) is 35.4. The van der Waals surface area contributed by atoms with E-state index < -0.39 is 30.4 Å². The van der Waals surface area contributed by atoms with E-state index in [0.717, 1.165) is 11.1 Å². The molecule has 2 aromatic rings. The lowest BCUT2D eigenvalue weighted by molar-refractivity contribution is -0.150. The molecule has 0 spiro atoms. The molecule has 138 valence electrons. The first-order valence-electron chi connectivity index (χ1n) is 8.29. The molecule has 0 radical (unpaired) electrons. The molecule has 2 N–H and O–H groups in total. The second kappa shape index (κ2) is 9.41. The highest BCUT2D eigenvalue weighted by atomic mass is 16.5. The van der Waals surface area contributed by atoms with Crippen molar-refractivity contribution in [2.45, 2.75) is 26.3 Å². The third-order valence-electron chi connectivity index (χ3n) is 3.77. The maximum atomic E-state index is 11.8. The Labute approximate surface area is 151 Å². The van der Waals surface area contributed by atoms with Gasteiger partial charge < -0.3 is 19.8 Å². The van der Waals surface area contributed by atoms with Gasteiger partial charge in [-0.3, -0.25) is 9.59 Å². The fraction of sp³-hybridized carbons (Fsp3) is 0.316. The summed E-state index contributed by atoms with van der Waals surface area (Å²) in [5.41, 5.74) is 2.31. The zero-order valence-electron chi connectivity index (χ0n) is 14.8. The van der Waals surface area contributed by atoms with Crippen molar-refractivity contribution in [2.75, 3.05) is 13.2 Å². The molecular formula is C19H22N2O5. The summed E-state index contributed by atoms with van der Waals surface area (Å²) in [6, 6.07) is 10.1. The number of hydrogen-bond acceptors (Lipinski definition) is 5. The van der Waals surface area contributed by atoms with Crippen molar-refractivity contribution < 1.29 is 23.5 Å². The zero-order chi connectivity index (χ0) is 18.9. The van der Waals surface area contributed by atoms with Gasteiger partial charge in [0, 0.05) is 6.54 Å². The summed E-state index contributed by atoms with van der Waals surface area (Å²) in [6.45, 7) is 3.54. The van der Waals surface area contributed by atoms with E-state index in [4.69, 9.17) is 9.15 Å². The fourth-order valence-corrected chi connectivity index (χ4v) is 2.27. The Hall–Kier alpha value is -3.09. The fourth-order valence-electron chi connectivity index (χ4n) is 2.27. The Bertz CT molecular complexity index is 755. The number of ether oxygens (including phenoxy) is 1. The number of benzene rings is 1. The molecule has 0 bridgehead atoms. The highest BCUT2D eigenvalue weighted by Crippen LogP contribution is 2.06. The van der Waals surface area contributed by atoms with Gasteiger partial charge in [0.05, 0.1) is 6.26 Å². The summed E-state index contributed by atoms with van der Waals surface area (Å²) < 4.78 is 9.85. The van der Waals surface area contributed by atoms with Gasteiger partial charge in [-0.25, -0.2) is 4.79 Å². The minimum atomic E-state index is -0.896. The minimum Gasteiger partial charge on any atom is -0.459 e. The van der Waals surface area contributed by atoms with Crippen LogP contribution < -0.4 is 10.6 Å². The average Bonchev–Trinajstić information content (AvgIpc) is 3.16. The van der Waals surface area contributed by atoms with Gasteiger partial charge in [0.2, 0.25) is 0 Å². The molecule has 2 amide bonds. The molecule has 0 saturated carbocycles.